The Labute approximate surface area is 204 Å². The van der Waals surface area contributed by atoms with E-state index in [0.717, 1.165) is 5.56 Å². The van der Waals surface area contributed by atoms with Crippen LogP contribution < -0.4 is 20.7 Å². The highest BCUT2D eigenvalue weighted by Gasteiger charge is 2.20. The number of aliphatic hydroxyl groups excluding tert-OH is 1. The van der Waals surface area contributed by atoms with Crippen molar-refractivity contribution in [3.05, 3.63) is 74.4 Å². The van der Waals surface area contributed by atoms with Crippen LogP contribution in [0.2, 0.25) is 0 Å². The number of aryl methyl sites for hydroxylation is 1. The summed E-state index contributed by atoms with van der Waals surface area (Å²) in [5.74, 6) is 1.05. The second-order valence-electron chi connectivity index (χ2n) is 8.52. The van der Waals surface area contributed by atoms with Crippen molar-refractivity contribution in [1.82, 2.24) is 19.1 Å². The molecular formula is C25H26F2N4O5. The first kappa shape index (κ1) is 25.1. The molecule has 190 valence electrons. The van der Waals surface area contributed by atoms with Crippen LogP contribution in [0.3, 0.4) is 0 Å². The first-order chi connectivity index (χ1) is 17.2. The molecule has 0 saturated heterocycles. The van der Waals surface area contributed by atoms with Gasteiger partial charge in [-0.1, -0.05) is 31.2 Å². The number of hydrogen-bond donors (Lipinski definition) is 2. The summed E-state index contributed by atoms with van der Waals surface area (Å²) in [5, 5.41) is 9.42. The summed E-state index contributed by atoms with van der Waals surface area (Å²) in [6.45, 7) is 2.00. The molecule has 9 nitrogen and oxygen atoms in total. The summed E-state index contributed by atoms with van der Waals surface area (Å²) in [4.78, 5) is 31.9. The van der Waals surface area contributed by atoms with Crippen molar-refractivity contribution in [2.45, 2.75) is 26.5 Å². The summed E-state index contributed by atoms with van der Waals surface area (Å²) in [7, 11) is 3.15. The first-order valence-corrected chi connectivity index (χ1v) is 11.2. The van der Waals surface area contributed by atoms with E-state index in [4.69, 9.17) is 9.47 Å². The molecule has 2 heterocycles. The topological polar surface area (TPSA) is 111 Å². The Morgan fingerprint density at radius 1 is 1.11 bits per heavy atom. The molecule has 11 heteroatoms. The first-order valence-electron chi connectivity index (χ1n) is 11.2. The van der Waals surface area contributed by atoms with E-state index in [-0.39, 0.29) is 42.4 Å². The van der Waals surface area contributed by atoms with Crippen LogP contribution in [0.4, 0.5) is 8.78 Å². The fraction of sp³-hybridized carbons (Fsp3) is 0.320. The summed E-state index contributed by atoms with van der Waals surface area (Å²) in [5.41, 5.74) is 0.560. The van der Waals surface area contributed by atoms with Crippen LogP contribution >= 0.6 is 0 Å². The standard InChI is InChI=1S/C25H26F2N4O5/c1-14(12-32)11-31-23-20(24(33)29-25(31)34)30(2)22(28-23)17-8-9-18(19(10-17)35-3)36-13-15-4-6-16(7-5-15)21(26)27/h4-10,14,21,32H,11-13H2,1-3H3,(H,29,33,34). The van der Waals surface area contributed by atoms with Gasteiger partial charge in [0, 0.05) is 31.3 Å². The highest BCUT2D eigenvalue weighted by molar-refractivity contribution is 5.77. The number of benzene rings is 2. The van der Waals surface area contributed by atoms with E-state index in [1.807, 2.05) is 0 Å². The van der Waals surface area contributed by atoms with Gasteiger partial charge in [-0.05, 0) is 29.7 Å². The molecule has 0 saturated carbocycles. The van der Waals surface area contributed by atoms with Gasteiger partial charge in [0.15, 0.2) is 22.7 Å². The molecule has 0 amide bonds. The zero-order valence-corrected chi connectivity index (χ0v) is 20.0. The molecule has 4 aromatic rings. The third-order valence-electron chi connectivity index (χ3n) is 5.87. The van der Waals surface area contributed by atoms with Gasteiger partial charge in [0.05, 0.1) is 7.11 Å². The van der Waals surface area contributed by atoms with Crippen molar-refractivity contribution >= 4 is 11.2 Å². The maximum Gasteiger partial charge on any atom is 0.330 e. The third kappa shape index (κ3) is 4.87. The lowest BCUT2D eigenvalue weighted by Gasteiger charge is -2.12. The molecular weight excluding hydrogens is 474 g/mol. The summed E-state index contributed by atoms with van der Waals surface area (Å²) >= 11 is 0. The van der Waals surface area contributed by atoms with Crippen molar-refractivity contribution < 1.29 is 23.4 Å². The van der Waals surface area contributed by atoms with Crippen LogP contribution in [0.5, 0.6) is 11.5 Å². The van der Waals surface area contributed by atoms with E-state index in [0.29, 0.717) is 22.9 Å². The molecule has 0 spiro atoms. The van der Waals surface area contributed by atoms with E-state index >= 15 is 0 Å². The molecule has 36 heavy (non-hydrogen) atoms. The minimum absolute atomic E-state index is 0.0572. The Morgan fingerprint density at radius 2 is 1.83 bits per heavy atom. The van der Waals surface area contributed by atoms with Crippen molar-refractivity contribution in [2.75, 3.05) is 13.7 Å². The average molecular weight is 501 g/mol. The molecule has 0 aliphatic carbocycles. The number of aromatic nitrogens is 4. The lowest BCUT2D eigenvalue weighted by Crippen LogP contribution is -2.33. The normalized spacial score (nSPS) is 12.3. The number of aliphatic hydroxyl groups is 1. The Hall–Kier alpha value is -3.99. The number of aromatic amines is 1. The monoisotopic (exact) mass is 500 g/mol. The Kier molecular flexibility index (Phi) is 7.20. The van der Waals surface area contributed by atoms with Crippen LogP contribution in [0.25, 0.3) is 22.6 Å². The molecule has 1 atom stereocenters. The van der Waals surface area contributed by atoms with Gasteiger partial charge < -0.3 is 19.1 Å². The van der Waals surface area contributed by atoms with Crippen LogP contribution in [0.15, 0.2) is 52.1 Å². The number of nitrogens with one attached hydrogen (secondary N) is 1. The second-order valence-corrected chi connectivity index (χ2v) is 8.52. The van der Waals surface area contributed by atoms with Crippen molar-refractivity contribution in [3.8, 4) is 22.9 Å². The number of ether oxygens (including phenoxy) is 2. The van der Waals surface area contributed by atoms with Gasteiger partial charge in [-0.25, -0.2) is 18.6 Å². The van der Waals surface area contributed by atoms with E-state index in [2.05, 4.69) is 9.97 Å². The number of fused-ring (bicyclic) bond motifs is 1. The van der Waals surface area contributed by atoms with Crippen molar-refractivity contribution in [3.63, 3.8) is 0 Å². The molecule has 0 radical (unpaired) electrons. The Morgan fingerprint density at radius 3 is 2.47 bits per heavy atom. The van der Waals surface area contributed by atoms with E-state index in [1.165, 1.54) is 23.8 Å². The fourth-order valence-electron chi connectivity index (χ4n) is 3.89. The predicted molar refractivity (Wildman–Crippen MR) is 130 cm³/mol. The van der Waals surface area contributed by atoms with Gasteiger partial charge in [-0.3, -0.25) is 14.3 Å². The van der Waals surface area contributed by atoms with E-state index in [9.17, 15) is 23.5 Å². The van der Waals surface area contributed by atoms with E-state index in [1.54, 1.807) is 48.9 Å². The van der Waals surface area contributed by atoms with Gasteiger partial charge in [0.2, 0.25) is 0 Å². The lowest BCUT2D eigenvalue weighted by molar-refractivity contribution is 0.151. The number of hydrogen-bond acceptors (Lipinski definition) is 6. The fourth-order valence-corrected chi connectivity index (χ4v) is 3.89. The van der Waals surface area contributed by atoms with Crippen molar-refractivity contribution in [1.29, 1.82) is 0 Å². The Balaban J connectivity index is 1.67. The highest BCUT2D eigenvalue weighted by Crippen LogP contribution is 2.33. The number of nitrogens with zero attached hydrogens (tertiary/aromatic N) is 3. The average Bonchev–Trinajstić information content (AvgIpc) is 3.22. The second kappa shape index (κ2) is 10.3. The Bertz CT molecular complexity index is 1490. The number of imidazole rings is 1. The SMILES string of the molecule is COc1cc(-c2nc3c(c(=O)[nH]c(=O)n3CC(C)CO)n2C)ccc1OCc1ccc(C(F)F)cc1. The highest BCUT2D eigenvalue weighted by atomic mass is 19.3. The maximum atomic E-state index is 12.8. The quantitative estimate of drug-likeness (QED) is 0.365. The van der Waals surface area contributed by atoms with Gasteiger partial charge in [-0.2, -0.15) is 0 Å². The molecule has 0 aliphatic rings. The molecule has 1 unspecified atom stereocenters. The molecule has 0 aliphatic heterocycles. The molecule has 4 rings (SSSR count). The molecule has 0 fully saturated rings. The van der Waals surface area contributed by atoms with Crippen molar-refractivity contribution in [2.24, 2.45) is 13.0 Å². The van der Waals surface area contributed by atoms with E-state index < -0.39 is 17.7 Å². The number of alkyl halides is 2. The number of H-pyrrole nitrogens is 1. The molecule has 0 bridgehead atoms. The van der Waals surface area contributed by atoms with Gasteiger partial charge in [0.1, 0.15) is 12.4 Å². The zero-order valence-electron chi connectivity index (χ0n) is 20.0. The summed E-state index contributed by atoms with van der Waals surface area (Å²) in [6, 6.07) is 11.0. The predicted octanol–water partition coefficient (Wildman–Crippen LogP) is 3.24. The zero-order chi connectivity index (χ0) is 26.0. The summed E-state index contributed by atoms with van der Waals surface area (Å²) in [6.07, 6.45) is -2.53. The van der Waals surface area contributed by atoms with Crippen LogP contribution in [0.1, 0.15) is 24.5 Å². The number of halogens is 2. The molecule has 2 aromatic heterocycles. The van der Waals surface area contributed by atoms with Gasteiger partial charge in [-0.15, -0.1) is 0 Å². The van der Waals surface area contributed by atoms with Crippen LogP contribution in [0, 0.1) is 5.92 Å². The molecule has 2 aromatic carbocycles. The number of rotatable bonds is 9. The summed E-state index contributed by atoms with van der Waals surface area (Å²) < 4.78 is 39.8. The van der Waals surface area contributed by atoms with Crippen LogP contribution in [-0.2, 0) is 20.2 Å². The minimum atomic E-state index is -2.53. The van der Waals surface area contributed by atoms with Crippen LogP contribution in [-0.4, -0.2) is 37.9 Å². The molecule has 2 N–H and O–H groups in total. The van der Waals surface area contributed by atoms with Gasteiger partial charge >= 0.3 is 5.69 Å². The maximum absolute atomic E-state index is 12.8. The lowest BCUT2D eigenvalue weighted by atomic mass is 10.1. The largest absolute Gasteiger partial charge is 0.493 e. The smallest absolute Gasteiger partial charge is 0.330 e. The van der Waals surface area contributed by atoms with Gasteiger partial charge in [0.25, 0.3) is 12.0 Å². The minimum Gasteiger partial charge on any atom is -0.493 e. The third-order valence-corrected chi connectivity index (χ3v) is 5.87. The number of methoxy groups -OCH3 is 1.